The number of carbonyl (C=O) groups is 4. The van der Waals surface area contributed by atoms with Crippen molar-refractivity contribution in [3.8, 4) is 0 Å². The van der Waals surface area contributed by atoms with Gasteiger partial charge < -0.3 is 36.8 Å². The van der Waals surface area contributed by atoms with Crippen molar-refractivity contribution in [3.63, 3.8) is 0 Å². The van der Waals surface area contributed by atoms with Crippen LogP contribution in [0.15, 0.2) is 30.3 Å². The Morgan fingerprint density at radius 2 is 1.78 bits per heavy atom. The highest BCUT2D eigenvalue weighted by atomic mass is 32.2. The lowest BCUT2D eigenvalue weighted by atomic mass is 10.1. The molecule has 36 heavy (non-hydrogen) atoms. The molecule has 2 aliphatic rings. The number of likely N-dealkylation sites (tertiary alicyclic amines) is 1. The van der Waals surface area contributed by atoms with Crippen LogP contribution in [0.2, 0.25) is 0 Å². The fourth-order valence-electron chi connectivity index (χ4n) is 4.57. The van der Waals surface area contributed by atoms with E-state index in [1.165, 1.54) is 35.4 Å². The third-order valence-corrected chi connectivity index (χ3v) is 7.90. The van der Waals surface area contributed by atoms with Crippen LogP contribution in [0.1, 0.15) is 32.3 Å². The number of nitrogens with two attached hydrogens (primary N) is 2. The summed E-state index contributed by atoms with van der Waals surface area (Å²) in [5.41, 5.74) is 12.2. The summed E-state index contributed by atoms with van der Waals surface area (Å²) in [4.78, 5) is 54.7. The van der Waals surface area contributed by atoms with Gasteiger partial charge in [-0.1, -0.05) is 30.3 Å². The van der Waals surface area contributed by atoms with Crippen molar-refractivity contribution in [1.29, 1.82) is 0 Å². The van der Waals surface area contributed by atoms with Gasteiger partial charge in [0.25, 0.3) is 0 Å². The van der Waals surface area contributed by atoms with Crippen LogP contribution in [-0.4, -0.2) is 97.7 Å². The lowest BCUT2D eigenvalue weighted by Crippen LogP contribution is -2.60. The topological polar surface area (TPSA) is 179 Å². The number of nitrogens with one attached hydrogen (secondary N) is 1. The molecule has 7 atom stereocenters. The van der Waals surface area contributed by atoms with Gasteiger partial charge in [-0.25, -0.2) is 0 Å². The smallest absolute Gasteiger partial charge is 0.246 e. The maximum atomic E-state index is 13.9. The predicted octanol–water partition coefficient (Wildman–Crippen LogP) is -1.45. The van der Waals surface area contributed by atoms with Gasteiger partial charge in [-0.2, -0.15) is 0 Å². The summed E-state index contributed by atoms with van der Waals surface area (Å²) in [5.74, 6) is -2.13. The molecule has 2 saturated heterocycles. The van der Waals surface area contributed by atoms with Gasteiger partial charge in [-0.3, -0.25) is 19.2 Å². The monoisotopic (exact) mass is 521 g/mol. The average Bonchev–Trinajstić information content (AvgIpc) is 3.49. The molecule has 1 aromatic rings. The van der Waals surface area contributed by atoms with Gasteiger partial charge in [-0.15, -0.1) is 11.8 Å². The standard InChI is InChI=1S/C24H35N5O6S/c1-13(30)19(25)24(35)28-10-6-9-16(28)23(34)29-17(22(33)27-20(14(2)31)21(26)32)12-36-18(29)11-15-7-4-3-5-8-15/h3-5,7-8,13-14,16-20,30-31H,6,9-12,25H2,1-2H3,(H2,26,32)(H,27,33)/t13-,14-,16+,17+,18?,19+,20+/m1/s1. The Morgan fingerprint density at radius 3 is 2.36 bits per heavy atom. The number of aliphatic hydroxyl groups is 2. The first-order valence-corrected chi connectivity index (χ1v) is 13.1. The maximum absolute atomic E-state index is 13.9. The van der Waals surface area contributed by atoms with E-state index in [1.54, 1.807) is 0 Å². The molecule has 0 saturated carbocycles. The fourth-order valence-corrected chi connectivity index (χ4v) is 6.01. The Hall–Kier alpha value is -2.67. The van der Waals surface area contributed by atoms with E-state index in [4.69, 9.17) is 11.5 Å². The van der Waals surface area contributed by atoms with E-state index in [2.05, 4.69) is 5.32 Å². The van der Waals surface area contributed by atoms with Crippen molar-refractivity contribution in [3.05, 3.63) is 35.9 Å². The molecule has 1 unspecified atom stereocenters. The third-order valence-electron chi connectivity index (χ3n) is 6.62. The van der Waals surface area contributed by atoms with Crippen molar-refractivity contribution in [1.82, 2.24) is 15.1 Å². The molecular weight excluding hydrogens is 486 g/mol. The van der Waals surface area contributed by atoms with Crippen molar-refractivity contribution in [2.75, 3.05) is 12.3 Å². The van der Waals surface area contributed by atoms with Crippen LogP contribution in [0.25, 0.3) is 0 Å². The van der Waals surface area contributed by atoms with E-state index in [1.807, 2.05) is 30.3 Å². The summed E-state index contributed by atoms with van der Waals surface area (Å²) in [6.07, 6.45) is -0.824. The molecule has 0 aromatic heterocycles. The van der Waals surface area contributed by atoms with Crippen molar-refractivity contribution >= 4 is 35.4 Å². The highest BCUT2D eigenvalue weighted by Crippen LogP contribution is 2.34. The van der Waals surface area contributed by atoms with Gasteiger partial charge in [-0.05, 0) is 32.3 Å². The quantitative estimate of drug-likeness (QED) is 0.262. The average molecular weight is 522 g/mol. The van der Waals surface area contributed by atoms with Crippen LogP contribution in [0.4, 0.5) is 0 Å². The van der Waals surface area contributed by atoms with Gasteiger partial charge >= 0.3 is 0 Å². The second kappa shape index (κ2) is 12.0. The number of nitrogens with zero attached hydrogens (tertiary/aromatic N) is 2. The zero-order chi connectivity index (χ0) is 26.6. The molecule has 7 N–H and O–H groups in total. The summed E-state index contributed by atoms with van der Waals surface area (Å²) in [7, 11) is 0. The van der Waals surface area contributed by atoms with E-state index < -0.39 is 65.4 Å². The van der Waals surface area contributed by atoms with Crippen LogP contribution in [-0.2, 0) is 25.6 Å². The first-order valence-electron chi connectivity index (χ1n) is 12.0. The van der Waals surface area contributed by atoms with Crippen molar-refractivity contribution in [2.45, 2.75) is 74.9 Å². The summed E-state index contributed by atoms with van der Waals surface area (Å²) in [5, 5.41) is 21.8. The van der Waals surface area contributed by atoms with E-state index in [9.17, 15) is 29.4 Å². The summed E-state index contributed by atoms with van der Waals surface area (Å²) >= 11 is 1.43. The van der Waals surface area contributed by atoms with Crippen LogP contribution >= 0.6 is 11.8 Å². The Morgan fingerprint density at radius 1 is 1.11 bits per heavy atom. The van der Waals surface area contributed by atoms with Gasteiger partial charge in [0.2, 0.25) is 23.6 Å². The van der Waals surface area contributed by atoms with E-state index in [0.29, 0.717) is 25.8 Å². The molecule has 0 bridgehead atoms. The number of carbonyl (C=O) groups excluding carboxylic acids is 4. The highest BCUT2D eigenvalue weighted by molar-refractivity contribution is 8.00. The predicted molar refractivity (Wildman–Crippen MR) is 134 cm³/mol. The molecule has 1 aromatic carbocycles. The molecule has 2 aliphatic heterocycles. The number of benzene rings is 1. The van der Waals surface area contributed by atoms with Crippen LogP contribution in [0, 0.1) is 0 Å². The molecule has 11 nitrogen and oxygen atoms in total. The van der Waals surface area contributed by atoms with E-state index in [0.717, 1.165) is 5.56 Å². The van der Waals surface area contributed by atoms with Crippen LogP contribution in [0.5, 0.6) is 0 Å². The molecule has 198 valence electrons. The second-order valence-corrected chi connectivity index (χ2v) is 10.5. The summed E-state index contributed by atoms with van der Waals surface area (Å²) in [6, 6.07) is 5.31. The lowest BCUT2D eigenvalue weighted by Gasteiger charge is -2.35. The maximum Gasteiger partial charge on any atom is 0.246 e. The Labute approximate surface area is 214 Å². The van der Waals surface area contributed by atoms with Crippen molar-refractivity contribution in [2.24, 2.45) is 11.5 Å². The van der Waals surface area contributed by atoms with Crippen molar-refractivity contribution < 1.29 is 29.4 Å². The first-order chi connectivity index (χ1) is 17.0. The minimum absolute atomic E-state index is 0.272. The van der Waals surface area contributed by atoms with Gasteiger partial charge in [0.05, 0.1) is 17.6 Å². The second-order valence-electron chi connectivity index (χ2n) is 9.32. The number of amides is 4. The Bertz CT molecular complexity index is 962. The normalized spacial score (nSPS) is 25.2. The minimum Gasteiger partial charge on any atom is -0.391 e. The van der Waals surface area contributed by atoms with Gasteiger partial charge in [0.15, 0.2) is 0 Å². The van der Waals surface area contributed by atoms with Crippen LogP contribution < -0.4 is 16.8 Å². The highest BCUT2D eigenvalue weighted by Gasteiger charge is 2.47. The SMILES string of the molecule is C[C@@H](O)[C@H](N)C(=O)N1CCC[C@H]1C(=O)N1C(Cc2ccccc2)SC[C@H]1C(=O)N[C@H](C(N)=O)[C@@H](C)O. The lowest BCUT2D eigenvalue weighted by molar-refractivity contribution is -0.149. The Balaban J connectivity index is 1.88. The number of hydrogen-bond acceptors (Lipinski definition) is 8. The zero-order valence-electron chi connectivity index (χ0n) is 20.4. The van der Waals surface area contributed by atoms with E-state index in [-0.39, 0.29) is 5.75 Å². The summed E-state index contributed by atoms with van der Waals surface area (Å²) in [6.45, 7) is 3.08. The molecule has 12 heteroatoms. The molecule has 3 rings (SSSR count). The summed E-state index contributed by atoms with van der Waals surface area (Å²) < 4.78 is 0. The molecule has 0 radical (unpaired) electrons. The fraction of sp³-hybridized carbons (Fsp3) is 0.583. The third kappa shape index (κ3) is 6.17. The number of aliphatic hydroxyl groups excluding tert-OH is 2. The van der Waals surface area contributed by atoms with Gasteiger partial charge in [0, 0.05) is 18.7 Å². The number of primary amides is 1. The molecule has 2 heterocycles. The first kappa shape index (κ1) is 27.9. The van der Waals surface area contributed by atoms with Crippen LogP contribution in [0.3, 0.4) is 0 Å². The number of thioether (sulfide) groups is 1. The number of rotatable bonds is 9. The molecule has 0 aliphatic carbocycles. The van der Waals surface area contributed by atoms with Gasteiger partial charge in [0.1, 0.15) is 24.2 Å². The Kier molecular flexibility index (Phi) is 9.34. The molecule has 4 amide bonds. The van der Waals surface area contributed by atoms with E-state index >= 15 is 0 Å². The molecular formula is C24H35N5O6S. The zero-order valence-corrected chi connectivity index (χ0v) is 21.3. The largest absolute Gasteiger partial charge is 0.391 e. The minimum atomic E-state index is -1.30. The molecule has 2 fully saturated rings. The molecule has 0 spiro atoms. The number of hydrogen-bond donors (Lipinski definition) is 5.